The van der Waals surface area contributed by atoms with E-state index >= 15 is 0 Å². The van der Waals surface area contributed by atoms with Crippen molar-refractivity contribution in [3.8, 4) is 0 Å². The summed E-state index contributed by atoms with van der Waals surface area (Å²) in [6, 6.07) is 0.829. The quantitative estimate of drug-likeness (QED) is 0.735. The summed E-state index contributed by atoms with van der Waals surface area (Å²) in [6.45, 7) is 9.35. The first-order valence-corrected chi connectivity index (χ1v) is 7.45. The van der Waals surface area contributed by atoms with Gasteiger partial charge < -0.3 is 10.1 Å². The number of nitrogens with one attached hydrogen (secondary N) is 1. The van der Waals surface area contributed by atoms with Crippen LogP contribution in [-0.4, -0.2) is 25.3 Å². The molecule has 2 rings (SSSR count). The van der Waals surface area contributed by atoms with E-state index in [1.807, 2.05) is 0 Å². The van der Waals surface area contributed by atoms with E-state index in [0.717, 1.165) is 18.6 Å². The van der Waals surface area contributed by atoms with Gasteiger partial charge in [0.05, 0.1) is 6.10 Å². The normalized spacial score (nSPS) is 28.6. The highest BCUT2D eigenvalue weighted by Gasteiger charge is 2.32. The van der Waals surface area contributed by atoms with Crippen molar-refractivity contribution in [2.45, 2.75) is 71.4 Å². The zero-order valence-electron chi connectivity index (χ0n) is 11.8. The lowest BCUT2D eigenvalue weighted by molar-refractivity contribution is 0.0797. The molecule has 1 aliphatic heterocycles. The Morgan fingerprint density at radius 2 is 2.06 bits per heavy atom. The Hall–Kier alpha value is -0.0800. The zero-order valence-corrected chi connectivity index (χ0v) is 11.8. The van der Waals surface area contributed by atoms with Crippen LogP contribution in [0.25, 0.3) is 0 Å². The molecule has 1 N–H and O–H groups in total. The molecule has 1 saturated heterocycles. The van der Waals surface area contributed by atoms with Gasteiger partial charge in [0.1, 0.15) is 0 Å². The Bertz CT molecular complexity index is 231. The number of ether oxygens (including phenoxy) is 1. The highest BCUT2D eigenvalue weighted by Crippen LogP contribution is 2.35. The summed E-state index contributed by atoms with van der Waals surface area (Å²) < 4.78 is 5.75. The minimum Gasteiger partial charge on any atom is -0.378 e. The van der Waals surface area contributed by atoms with Crippen LogP contribution in [0.3, 0.4) is 0 Å². The van der Waals surface area contributed by atoms with E-state index in [9.17, 15) is 0 Å². The molecule has 2 nitrogen and oxygen atoms in total. The fourth-order valence-corrected chi connectivity index (χ4v) is 2.61. The number of rotatable bonds is 7. The van der Waals surface area contributed by atoms with Crippen molar-refractivity contribution in [2.24, 2.45) is 11.3 Å². The van der Waals surface area contributed by atoms with E-state index in [1.165, 1.54) is 45.1 Å². The van der Waals surface area contributed by atoms with E-state index in [0.29, 0.717) is 11.5 Å². The third-order valence-corrected chi connectivity index (χ3v) is 4.83. The second-order valence-corrected chi connectivity index (χ2v) is 6.64. The smallest absolute Gasteiger partial charge is 0.0576 e. The Labute approximate surface area is 107 Å². The minimum absolute atomic E-state index is 0.439. The topological polar surface area (TPSA) is 21.3 Å². The van der Waals surface area contributed by atoms with Crippen LogP contribution in [0.5, 0.6) is 0 Å². The molecule has 0 spiro atoms. The van der Waals surface area contributed by atoms with Crippen LogP contribution >= 0.6 is 0 Å². The lowest BCUT2D eigenvalue weighted by atomic mass is 9.74. The van der Waals surface area contributed by atoms with Crippen molar-refractivity contribution in [3.63, 3.8) is 0 Å². The molecule has 17 heavy (non-hydrogen) atoms. The van der Waals surface area contributed by atoms with Gasteiger partial charge in [-0.15, -0.1) is 0 Å². The summed E-state index contributed by atoms with van der Waals surface area (Å²) >= 11 is 0. The molecule has 2 fully saturated rings. The molecule has 2 atom stereocenters. The zero-order chi connectivity index (χ0) is 12.3. The van der Waals surface area contributed by atoms with Gasteiger partial charge in [0.2, 0.25) is 0 Å². The first-order chi connectivity index (χ1) is 8.10. The Morgan fingerprint density at radius 3 is 2.59 bits per heavy atom. The van der Waals surface area contributed by atoms with Crippen molar-refractivity contribution < 1.29 is 4.74 Å². The van der Waals surface area contributed by atoms with Crippen molar-refractivity contribution in [1.29, 1.82) is 0 Å². The largest absolute Gasteiger partial charge is 0.378 e. The van der Waals surface area contributed by atoms with Gasteiger partial charge in [-0.05, 0) is 49.9 Å². The van der Waals surface area contributed by atoms with Crippen LogP contribution in [0, 0.1) is 11.3 Å². The van der Waals surface area contributed by atoms with Crippen LogP contribution in [0.4, 0.5) is 0 Å². The van der Waals surface area contributed by atoms with E-state index in [4.69, 9.17) is 4.74 Å². The predicted molar refractivity (Wildman–Crippen MR) is 72.2 cm³/mol. The average molecular weight is 239 g/mol. The van der Waals surface area contributed by atoms with Crippen molar-refractivity contribution in [1.82, 2.24) is 5.32 Å². The molecule has 2 aliphatic rings. The molecular formula is C15H29NO. The van der Waals surface area contributed by atoms with Gasteiger partial charge in [-0.25, -0.2) is 0 Å². The van der Waals surface area contributed by atoms with Gasteiger partial charge >= 0.3 is 0 Å². The lowest BCUT2D eigenvalue weighted by Crippen LogP contribution is -2.37. The van der Waals surface area contributed by atoms with Crippen molar-refractivity contribution in [2.75, 3.05) is 13.2 Å². The number of hydrogen-bond donors (Lipinski definition) is 1. The standard InChI is InChI=1S/C15H29NO/c1-12(2)15(3,11-16-13-6-7-13)9-8-14-5-4-10-17-14/h12-14,16H,4-11H2,1-3H3. The summed E-state index contributed by atoms with van der Waals surface area (Å²) in [5.41, 5.74) is 0.439. The van der Waals surface area contributed by atoms with Gasteiger partial charge in [-0.3, -0.25) is 0 Å². The second-order valence-electron chi connectivity index (χ2n) is 6.64. The molecule has 2 heteroatoms. The van der Waals surface area contributed by atoms with Gasteiger partial charge in [0.25, 0.3) is 0 Å². The molecule has 0 amide bonds. The minimum atomic E-state index is 0.439. The fraction of sp³-hybridized carbons (Fsp3) is 1.00. The molecule has 0 radical (unpaired) electrons. The maximum atomic E-state index is 5.75. The van der Waals surface area contributed by atoms with Gasteiger partial charge in [0, 0.05) is 19.2 Å². The van der Waals surface area contributed by atoms with E-state index in [2.05, 4.69) is 26.1 Å². The molecule has 1 saturated carbocycles. The molecule has 0 aromatic rings. The van der Waals surface area contributed by atoms with E-state index < -0.39 is 0 Å². The summed E-state index contributed by atoms with van der Waals surface area (Å²) in [5, 5.41) is 3.71. The van der Waals surface area contributed by atoms with Crippen molar-refractivity contribution >= 4 is 0 Å². The Morgan fingerprint density at radius 1 is 1.29 bits per heavy atom. The molecule has 0 bridgehead atoms. The molecule has 1 heterocycles. The Balaban J connectivity index is 1.76. The van der Waals surface area contributed by atoms with E-state index in [1.54, 1.807) is 0 Å². The number of hydrogen-bond acceptors (Lipinski definition) is 2. The maximum Gasteiger partial charge on any atom is 0.0576 e. The summed E-state index contributed by atoms with van der Waals surface area (Å²) in [5.74, 6) is 0.746. The SMILES string of the molecule is CC(C)C(C)(CCC1CCCO1)CNC1CC1. The summed E-state index contributed by atoms with van der Waals surface area (Å²) in [4.78, 5) is 0. The monoisotopic (exact) mass is 239 g/mol. The molecule has 2 unspecified atom stereocenters. The molecule has 1 aliphatic carbocycles. The first-order valence-electron chi connectivity index (χ1n) is 7.45. The fourth-order valence-electron chi connectivity index (χ4n) is 2.61. The van der Waals surface area contributed by atoms with Gasteiger partial charge in [-0.1, -0.05) is 20.8 Å². The predicted octanol–water partition coefficient (Wildman–Crippen LogP) is 3.36. The third-order valence-electron chi connectivity index (χ3n) is 4.83. The molecule has 0 aromatic carbocycles. The van der Waals surface area contributed by atoms with Crippen LogP contribution in [-0.2, 0) is 4.74 Å². The molecule has 0 aromatic heterocycles. The lowest BCUT2D eigenvalue weighted by Gasteiger charge is -2.35. The molecule has 100 valence electrons. The second kappa shape index (κ2) is 5.71. The van der Waals surface area contributed by atoms with Gasteiger partial charge in [-0.2, -0.15) is 0 Å². The van der Waals surface area contributed by atoms with Crippen LogP contribution in [0.15, 0.2) is 0 Å². The van der Waals surface area contributed by atoms with Crippen molar-refractivity contribution in [3.05, 3.63) is 0 Å². The van der Waals surface area contributed by atoms with E-state index in [-0.39, 0.29) is 0 Å². The average Bonchev–Trinajstić information content (AvgIpc) is 2.98. The first kappa shape index (κ1) is 13.4. The van der Waals surface area contributed by atoms with Gasteiger partial charge in [0.15, 0.2) is 0 Å². The summed E-state index contributed by atoms with van der Waals surface area (Å²) in [7, 11) is 0. The van der Waals surface area contributed by atoms with Crippen LogP contribution in [0.1, 0.15) is 59.3 Å². The highest BCUT2D eigenvalue weighted by molar-refractivity contribution is 4.87. The Kier molecular flexibility index (Phi) is 4.48. The molecular weight excluding hydrogens is 210 g/mol. The highest BCUT2D eigenvalue weighted by atomic mass is 16.5. The third kappa shape index (κ3) is 3.96. The van der Waals surface area contributed by atoms with Crippen LogP contribution in [0.2, 0.25) is 0 Å². The van der Waals surface area contributed by atoms with Crippen LogP contribution < -0.4 is 5.32 Å². The maximum absolute atomic E-state index is 5.75. The summed E-state index contributed by atoms with van der Waals surface area (Å²) in [6.07, 6.45) is 8.43.